The van der Waals surface area contributed by atoms with Crippen LogP contribution in [0, 0.1) is 0 Å². The summed E-state index contributed by atoms with van der Waals surface area (Å²) in [4.78, 5) is 0. The molecule has 2 unspecified atom stereocenters. The van der Waals surface area contributed by atoms with Crippen LogP contribution in [0.4, 0.5) is 0 Å². The normalized spacial score (nSPS) is 16.9. The molecule has 0 fully saturated rings. The van der Waals surface area contributed by atoms with Gasteiger partial charge in [-0.15, -0.1) is 0 Å². The predicted molar refractivity (Wildman–Crippen MR) is 208 cm³/mol. The van der Waals surface area contributed by atoms with Gasteiger partial charge < -0.3 is 13.7 Å². The van der Waals surface area contributed by atoms with Gasteiger partial charge in [0.1, 0.15) is 11.3 Å². The summed E-state index contributed by atoms with van der Waals surface area (Å²) >= 11 is 0. The van der Waals surface area contributed by atoms with Crippen molar-refractivity contribution in [1.82, 2.24) is 4.57 Å². The number of rotatable bonds is 4. The van der Waals surface area contributed by atoms with Gasteiger partial charge in [-0.1, -0.05) is 109 Å². The predicted octanol–water partition coefficient (Wildman–Crippen LogP) is 12.6. The topological polar surface area (TPSA) is 27.3 Å². The van der Waals surface area contributed by atoms with Crippen LogP contribution in [0.3, 0.4) is 0 Å². The number of benzene rings is 6. The molecular formula is C48H33NO2. The molecule has 2 aromatic heterocycles. The van der Waals surface area contributed by atoms with Gasteiger partial charge in [0.25, 0.3) is 0 Å². The third kappa shape index (κ3) is 4.44. The number of allylic oxidation sites excluding steroid dienone is 1. The lowest BCUT2D eigenvalue weighted by atomic mass is 9.87. The Kier molecular flexibility index (Phi) is 6.20. The van der Waals surface area contributed by atoms with Crippen molar-refractivity contribution >= 4 is 34.0 Å². The number of fused-ring (bicyclic) bond motifs is 10. The molecule has 0 saturated carbocycles. The molecule has 3 aliphatic rings. The maximum absolute atomic E-state index is 6.72. The molecule has 0 saturated heterocycles. The average molecular weight is 656 g/mol. The first-order chi connectivity index (χ1) is 25.3. The van der Waals surface area contributed by atoms with Crippen molar-refractivity contribution in [2.24, 2.45) is 0 Å². The zero-order valence-corrected chi connectivity index (χ0v) is 27.9. The van der Waals surface area contributed by atoms with Crippen LogP contribution in [-0.2, 0) is 6.42 Å². The fraction of sp³-hybridized carbons (Fsp3) is 0.0833. The molecule has 3 heterocycles. The van der Waals surface area contributed by atoms with E-state index in [1.165, 1.54) is 61.2 Å². The Labute approximate surface area is 296 Å². The van der Waals surface area contributed by atoms with E-state index in [4.69, 9.17) is 9.15 Å². The van der Waals surface area contributed by atoms with Crippen LogP contribution in [0.15, 0.2) is 156 Å². The largest absolute Gasteiger partial charge is 0.481 e. The van der Waals surface area contributed by atoms with Crippen LogP contribution >= 0.6 is 0 Å². The van der Waals surface area contributed by atoms with Crippen LogP contribution in [0.25, 0.3) is 73.1 Å². The quantitative estimate of drug-likeness (QED) is 0.189. The van der Waals surface area contributed by atoms with Crippen molar-refractivity contribution in [3.8, 4) is 44.8 Å². The van der Waals surface area contributed by atoms with E-state index in [1.807, 2.05) is 0 Å². The summed E-state index contributed by atoms with van der Waals surface area (Å²) in [6, 6.07) is 50.2. The molecule has 6 aromatic carbocycles. The summed E-state index contributed by atoms with van der Waals surface area (Å²) in [7, 11) is 0. The SMILES string of the molecule is C1=Cc2c(n(-c3ccc4c(c3)C3C=Cc5c(oc6ccc(-c7cc(-c8ccccc8)cc(-c8ccccc8)c7)cc56)C3O4)c3ccccc23)CC1. The lowest BCUT2D eigenvalue weighted by molar-refractivity contribution is 0.193. The zero-order chi connectivity index (χ0) is 33.5. The van der Waals surface area contributed by atoms with Crippen LogP contribution in [-0.4, -0.2) is 4.57 Å². The third-order valence-electron chi connectivity index (χ3n) is 11.0. The van der Waals surface area contributed by atoms with Crippen LogP contribution in [0.2, 0.25) is 0 Å². The second-order valence-corrected chi connectivity index (χ2v) is 13.9. The zero-order valence-electron chi connectivity index (χ0n) is 27.9. The molecule has 3 heteroatoms. The molecule has 0 spiro atoms. The molecule has 242 valence electrons. The number of ether oxygens (including phenoxy) is 1. The van der Waals surface area contributed by atoms with Gasteiger partial charge in [-0.2, -0.15) is 0 Å². The van der Waals surface area contributed by atoms with Gasteiger partial charge in [-0.05, 0) is 101 Å². The van der Waals surface area contributed by atoms with E-state index in [-0.39, 0.29) is 12.0 Å². The van der Waals surface area contributed by atoms with Gasteiger partial charge in [0.15, 0.2) is 11.9 Å². The highest BCUT2D eigenvalue weighted by atomic mass is 16.5. The number of hydrogen-bond donors (Lipinski definition) is 0. The number of para-hydroxylation sites is 1. The van der Waals surface area contributed by atoms with Gasteiger partial charge in [0.2, 0.25) is 0 Å². The van der Waals surface area contributed by atoms with E-state index in [9.17, 15) is 0 Å². The molecule has 11 rings (SSSR count). The van der Waals surface area contributed by atoms with Gasteiger partial charge in [0, 0.05) is 38.8 Å². The standard InChI is InChI=1S/C48H33NO2/c1-3-11-30(12-4-1)33-25-34(31-13-5-2-6-14-31)27-35(26-33)32-19-23-45-41(28-32)39-21-22-40-42-29-36(20-24-46(42)51-48(40)47(39)50-45)49-43-17-9-7-15-37(43)38-16-8-10-18-44(38)49/h1-9,11-17,19-29,40,48H,10,18H2. The second kappa shape index (κ2) is 11.1. The summed E-state index contributed by atoms with van der Waals surface area (Å²) in [6.07, 6.45) is 11.1. The first-order valence-corrected chi connectivity index (χ1v) is 17.9. The second-order valence-electron chi connectivity index (χ2n) is 13.9. The first-order valence-electron chi connectivity index (χ1n) is 17.9. The molecule has 1 aliphatic heterocycles. The Hall–Kier alpha value is -6.32. The Balaban J connectivity index is 0.987. The van der Waals surface area contributed by atoms with Gasteiger partial charge >= 0.3 is 0 Å². The maximum atomic E-state index is 6.72. The minimum absolute atomic E-state index is 0.0843. The Morgan fingerprint density at radius 3 is 2.08 bits per heavy atom. The molecular weight excluding hydrogens is 623 g/mol. The highest BCUT2D eigenvalue weighted by molar-refractivity contribution is 5.95. The lowest BCUT2D eigenvalue weighted by Crippen LogP contribution is -2.11. The Morgan fingerprint density at radius 2 is 1.29 bits per heavy atom. The molecule has 0 radical (unpaired) electrons. The molecule has 0 N–H and O–H groups in total. The third-order valence-corrected chi connectivity index (χ3v) is 11.0. The van der Waals surface area contributed by atoms with Crippen molar-refractivity contribution in [2.45, 2.75) is 24.9 Å². The van der Waals surface area contributed by atoms with Crippen molar-refractivity contribution in [2.75, 3.05) is 0 Å². The number of furan rings is 1. The number of aromatic nitrogens is 1. The van der Waals surface area contributed by atoms with E-state index >= 15 is 0 Å². The summed E-state index contributed by atoms with van der Waals surface area (Å²) in [5.41, 5.74) is 15.5. The molecule has 8 aromatic rings. The molecule has 2 atom stereocenters. The van der Waals surface area contributed by atoms with E-state index < -0.39 is 0 Å². The number of hydrogen-bond acceptors (Lipinski definition) is 2. The summed E-state index contributed by atoms with van der Waals surface area (Å²) in [6.45, 7) is 0. The minimum atomic E-state index is -0.199. The highest BCUT2D eigenvalue weighted by Gasteiger charge is 2.40. The Bertz CT molecular complexity index is 2670. The molecule has 0 amide bonds. The summed E-state index contributed by atoms with van der Waals surface area (Å²) in [5, 5.41) is 2.42. The van der Waals surface area contributed by atoms with Crippen molar-refractivity contribution in [1.29, 1.82) is 0 Å². The lowest BCUT2D eigenvalue weighted by Gasteiger charge is -2.19. The van der Waals surface area contributed by atoms with Crippen LogP contribution < -0.4 is 4.74 Å². The fourth-order valence-electron chi connectivity index (χ4n) is 8.59. The number of nitrogens with zero attached hydrogens (tertiary/aromatic N) is 1. The van der Waals surface area contributed by atoms with Crippen molar-refractivity contribution in [3.63, 3.8) is 0 Å². The molecule has 3 nitrogen and oxygen atoms in total. The molecule has 0 bridgehead atoms. The summed E-state index contributed by atoms with van der Waals surface area (Å²) < 4.78 is 15.8. The first kappa shape index (κ1) is 28.5. The molecule has 51 heavy (non-hydrogen) atoms. The van der Waals surface area contributed by atoms with Crippen molar-refractivity contribution < 1.29 is 9.15 Å². The highest BCUT2D eigenvalue weighted by Crippen LogP contribution is 2.53. The monoisotopic (exact) mass is 655 g/mol. The van der Waals surface area contributed by atoms with Gasteiger partial charge in [0.05, 0.1) is 11.4 Å². The van der Waals surface area contributed by atoms with E-state index in [0.717, 1.165) is 46.4 Å². The van der Waals surface area contributed by atoms with Gasteiger partial charge in [-0.3, -0.25) is 0 Å². The van der Waals surface area contributed by atoms with E-state index in [2.05, 4.69) is 168 Å². The smallest absolute Gasteiger partial charge is 0.167 e. The molecule has 2 aliphatic carbocycles. The van der Waals surface area contributed by atoms with Gasteiger partial charge in [-0.25, -0.2) is 0 Å². The van der Waals surface area contributed by atoms with E-state index in [0.29, 0.717) is 0 Å². The Morgan fingerprint density at radius 1 is 0.569 bits per heavy atom. The van der Waals surface area contributed by atoms with E-state index in [1.54, 1.807) is 0 Å². The average Bonchev–Trinajstić information content (AvgIpc) is 3.87. The fourth-order valence-corrected chi connectivity index (χ4v) is 8.59. The van der Waals surface area contributed by atoms with Crippen LogP contribution in [0.5, 0.6) is 5.75 Å². The van der Waals surface area contributed by atoms with Crippen molar-refractivity contribution in [3.05, 3.63) is 180 Å². The van der Waals surface area contributed by atoms with Crippen LogP contribution in [0.1, 0.15) is 46.6 Å². The maximum Gasteiger partial charge on any atom is 0.167 e. The minimum Gasteiger partial charge on any atom is -0.481 e. The summed E-state index contributed by atoms with van der Waals surface area (Å²) in [5.74, 6) is 1.93.